The molecule has 0 amide bonds. The van der Waals surface area contributed by atoms with Crippen LogP contribution in [0.2, 0.25) is 0 Å². The van der Waals surface area contributed by atoms with Crippen molar-refractivity contribution >= 4 is 23.2 Å². The lowest BCUT2D eigenvalue weighted by molar-refractivity contribution is 0.190. The smallest absolute Gasteiger partial charge is 0.0462 e. The lowest BCUT2D eigenvalue weighted by atomic mass is 9.80. The average Bonchev–Trinajstić information content (AvgIpc) is 2.41. The summed E-state index contributed by atoms with van der Waals surface area (Å²) in [6.45, 7) is 0.801. The number of alkyl halides is 2. The molecule has 0 unspecified atom stereocenters. The normalized spacial score (nSPS) is 11.7. The van der Waals surface area contributed by atoms with Gasteiger partial charge in [0.25, 0.3) is 0 Å². The second-order valence-corrected chi connectivity index (χ2v) is 4.90. The van der Waals surface area contributed by atoms with Crippen LogP contribution in [0.15, 0.2) is 30.3 Å². The Morgan fingerprint density at radius 1 is 1.06 bits per heavy atom. The van der Waals surface area contributed by atoms with Crippen LogP contribution in [0, 0.1) is 0 Å². The highest BCUT2D eigenvalue weighted by molar-refractivity contribution is 6.22. The minimum absolute atomic E-state index is 0.0991. The van der Waals surface area contributed by atoms with Gasteiger partial charge in [0, 0.05) is 30.9 Å². The van der Waals surface area contributed by atoms with Crippen LogP contribution in [0.5, 0.6) is 0 Å². The summed E-state index contributed by atoms with van der Waals surface area (Å²) < 4.78 is 5.06. The second-order valence-electron chi connectivity index (χ2n) is 4.36. The van der Waals surface area contributed by atoms with Crippen molar-refractivity contribution in [1.82, 2.24) is 0 Å². The summed E-state index contributed by atoms with van der Waals surface area (Å²) in [5.41, 5.74) is 1.14. The highest BCUT2D eigenvalue weighted by Crippen LogP contribution is 2.32. The molecule has 0 aliphatic heterocycles. The molecule has 17 heavy (non-hydrogen) atoms. The minimum Gasteiger partial charge on any atom is -0.385 e. The zero-order chi connectivity index (χ0) is 12.6. The first-order chi connectivity index (χ1) is 8.29. The second kappa shape index (κ2) is 7.97. The number of ether oxygens (including phenoxy) is 1. The topological polar surface area (TPSA) is 9.23 Å². The maximum Gasteiger partial charge on any atom is 0.0462 e. The van der Waals surface area contributed by atoms with Gasteiger partial charge in [-0.3, -0.25) is 0 Å². The van der Waals surface area contributed by atoms with Crippen LogP contribution in [0.1, 0.15) is 24.8 Å². The molecule has 0 aromatic heterocycles. The summed E-state index contributed by atoms with van der Waals surface area (Å²) in [5, 5.41) is 0. The Balaban J connectivity index is 2.68. The predicted molar refractivity (Wildman–Crippen MR) is 75.3 cm³/mol. The summed E-state index contributed by atoms with van der Waals surface area (Å²) in [4.78, 5) is 0. The van der Waals surface area contributed by atoms with Crippen LogP contribution >= 0.6 is 23.2 Å². The first kappa shape index (κ1) is 14.8. The molecule has 3 heteroatoms. The maximum absolute atomic E-state index is 6.16. The summed E-state index contributed by atoms with van der Waals surface area (Å²) in [5.74, 6) is 1.13. The van der Waals surface area contributed by atoms with E-state index in [0.717, 1.165) is 25.9 Å². The molecule has 1 aromatic rings. The van der Waals surface area contributed by atoms with Crippen LogP contribution in [0.25, 0.3) is 0 Å². The Morgan fingerprint density at radius 3 is 2.24 bits per heavy atom. The summed E-state index contributed by atoms with van der Waals surface area (Å²) in [6.07, 6.45) is 3.15. The van der Waals surface area contributed by atoms with Crippen molar-refractivity contribution in [3.8, 4) is 0 Å². The fourth-order valence-corrected chi connectivity index (χ4v) is 2.83. The number of benzene rings is 1. The van der Waals surface area contributed by atoms with E-state index in [1.54, 1.807) is 7.11 Å². The molecule has 0 saturated carbocycles. The monoisotopic (exact) mass is 274 g/mol. The average molecular weight is 275 g/mol. The quantitative estimate of drug-likeness (QED) is 0.510. The molecule has 1 aromatic carbocycles. The van der Waals surface area contributed by atoms with Crippen LogP contribution < -0.4 is 0 Å². The molecule has 0 aliphatic rings. The Bertz CT molecular complexity index is 296. The molecule has 0 saturated heterocycles. The van der Waals surface area contributed by atoms with E-state index in [2.05, 4.69) is 12.1 Å². The standard InChI is InChI=1S/C14H20Cl2O/c1-17-10-6-5-9-14(11-15,12-16)13-7-3-2-4-8-13/h2-4,7-8H,5-6,9-12H2,1H3. The number of hydrogen-bond acceptors (Lipinski definition) is 1. The Morgan fingerprint density at radius 2 is 1.71 bits per heavy atom. The van der Waals surface area contributed by atoms with Crippen LogP contribution in [-0.4, -0.2) is 25.5 Å². The van der Waals surface area contributed by atoms with Gasteiger partial charge in [-0.2, -0.15) is 0 Å². The Labute approximate surface area is 114 Å². The maximum atomic E-state index is 6.16. The van der Waals surface area contributed by atoms with Gasteiger partial charge in [0.05, 0.1) is 0 Å². The van der Waals surface area contributed by atoms with Gasteiger partial charge in [0.2, 0.25) is 0 Å². The van der Waals surface area contributed by atoms with E-state index >= 15 is 0 Å². The number of hydrogen-bond donors (Lipinski definition) is 0. The van der Waals surface area contributed by atoms with Crippen LogP contribution in [-0.2, 0) is 10.2 Å². The third kappa shape index (κ3) is 4.17. The van der Waals surface area contributed by atoms with E-state index in [4.69, 9.17) is 27.9 Å². The van der Waals surface area contributed by atoms with Crippen LogP contribution in [0.4, 0.5) is 0 Å². The van der Waals surface area contributed by atoms with Crippen LogP contribution in [0.3, 0.4) is 0 Å². The first-order valence-corrected chi connectivity index (χ1v) is 7.02. The van der Waals surface area contributed by atoms with Gasteiger partial charge in [0.15, 0.2) is 0 Å². The molecule has 0 heterocycles. The molecule has 1 rings (SSSR count). The third-order valence-electron chi connectivity index (χ3n) is 3.15. The van der Waals surface area contributed by atoms with E-state index < -0.39 is 0 Å². The number of unbranched alkanes of at least 4 members (excludes halogenated alkanes) is 1. The lowest BCUT2D eigenvalue weighted by Crippen LogP contribution is -2.30. The minimum atomic E-state index is -0.0991. The van der Waals surface area contributed by atoms with Gasteiger partial charge in [0.1, 0.15) is 0 Å². The van der Waals surface area contributed by atoms with Crippen molar-refractivity contribution in [2.24, 2.45) is 0 Å². The predicted octanol–water partition coefficient (Wildman–Crippen LogP) is 4.22. The van der Waals surface area contributed by atoms with Crippen molar-refractivity contribution in [3.05, 3.63) is 35.9 Å². The molecule has 96 valence electrons. The largest absolute Gasteiger partial charge is 0.385 e. The van der Waals surface area contributed by atoms with Gasteiger partial charge in [-0.05, 0) is 18.4 Å². The summed E-state index contributed by atoms with van der Waals surface area (Å²) >= 11 is 12.3. The van der Waals surface area contributed by atoms with Gasteiger partial charge in [-0.1, -0.05) is 36.8 Å². The zero-order valence-electron chi connectivity index (χ0n) is 10.3. The third-order valence-corrected chi connectivity index (χ3v) is 4.17. The van der Waals surface area contributed by atoms with Crippen molar-refractivity contribution in [2.45, 2.75) is 24.7 Å². The fourth-order valence-electron chi connectivity index (χ4n) is 1.97. The number of rotatable bonds is 8. The molecule has 0 N–H and O–H groups in total. The highest BCUT2D eigenvalue weighted by atomic mass is 35.5. The zero-order valence-corrected chi connectivity index (χ0v) is 11.8. The van der Waals surface area contributed by atoms with Crippen molar-refractivity contribution in [1.29, 1.82) is 0 Å². The molecule has 0 aliphatic carbocycles. The SMILES string of the molecule is COCCCCC(CCl)(CCl)c1ccccc1. The lowest BCUT2D eigenvalue weighted by Gasteiger charge is -2.30. The van der Waals surface area contributed by atoms with Crippen molar-refractivity contribution < 1.29 is 4.74 Å². The fraction of sp³-hybridized carbons (Fsp3) is 0.571. The molecule has 0 atom stereocenters. The number of halogens is 2. The van der Waals surface area contributed by atoms with Crippen molar-refractivity contribution in [2.75, 3.05) is 25.5 Å². The van der Waals surface area contributed by atoms with E-state index in [1.165, 1.54) is 5.56 Å². The van der Waals surface area contributed by atoms with Gasteiger partial charge < -0.3 is 4.74 Å². The van der Waals surface area contributed by atoms with E-state index in [-0.39, 0.29) is 5.41 Å². The van der Waals surface area contributed by atoms with Crippen molar-refractivity contribution in [3.63, 3.8) is 0 Å². The first-order valence-electron chi connectivity index (χ1n) is 5.95. The molecule has 0 spiro atoms. The van der Waals surface area contributed by atoms with Gasteiger partial charge in [-0.15, -0.1) is 23.2 Å². The van der Waals surface area contributed by atoms with E-state index in [1.807, 2.05) is 18.2 Å². The molecule has 0 fully saturated rings. The summed E-state index contributed by atoms with van der Waals surface area (Å²) in [7, 11) is 1.73. The van der Waals surface area contributed by atoms with Gasteiger partial charge in [-0.25, -0.2) is 0 Å². The molecule has 0 radical (unpaired) electrons. The summed E-state index contributed by atoms with van der Waals surface area (Å²) in [6, 6.07) is 10.3. The van der Waals surface area contributed by atoms with E-state index in [0.29, 0.717) is 11.8 Å². The number of methoxy groups -OCH3 is 1. The van der Waals surface area contributed by atoms with E-state index in [9.17, 15) is 0 Å². The molecule has 0 bridgehead atoms. The molecular formula is C14H20Cl2O. The Kier molecular flexibility index (Phi) is 6.94. The highest BCUT2D eigenvalue weighted by Gasteiger charge is 2.29. The molecule has 1 nitrogen and oxygen atoms in total. The van der Waals surface area contributed by atoms with Gasteiger partial charge >= 0.3 is 0 Å². The molecular weight excluding hydrogens is 255 g/mol. The Hall–Kier alpha value is -0.240.